The Kier molecular flexibility index (Phi) is 5.53. The third-order valence-corrected chi connectivity index (χ3v) is 3.96. The third-order valence-electron chi connectivity index (χ3n) is 3.12. The molecule has 0 fully saturated rings. The van der Waals surface area contributed by atoms with Crippen molar-refractivity contribution in [2.24, 2.45) is 0 Å². The van der Waals surface area contributed by atoms with Crippen molar-refractivity contribution in [2.75, 3.05) is 13.7 Å². The van der Waals surface area contributed by atoms with E-state index in [2.05, 4.69) is 5.32 Å². The van der Waals surface area contributed by atoms with Crippen LogP contribution in [0, 0.1) is 10.1 Å². The van der Waals surface area contributed by atoms with Crippen LogP contribution in [0.4, 0.5) is 5.00 Å². The summed E-state index contributed by atoms with van der Waals surface area (Å²) in [5.74, 6) is 0.402. The minimum atomic E-state index is -0.532. The van der Waals surface area contributed by atoms with Crippen LogP contribution in [0.2, 0.25) is 0 Å². The SMILES string of the molecule is COc1ccccc1C(C)NC(=O)COc1ccsc1[N+](=O)[O-]. The molecule has 122 valence electrons. The highest BCUT2D eigenvalue weighted by atomic mass is 32.1. The number of thiophene rings is 1. The molecule has 1 amide bonds. The van der Waals surface area contributed by atoms with E-state index in [9.17, 15) is 14.9 Å². The van der Waals surface area contributed by atoms with Gasteiger partial charge in [-0.2, -0.15) is 0 Å². The molecular weight excluding hydrogens is 320 g/mol. The number of methoxy groups -OCH3 is 1. The topological polar surface area (TPSA) is 90.7 Å². The standard InChI is InChI=1S/C15H16N2O5S/c1-10(11-5-3-4-6-12(11)21-2)16-14(18)9-22-13-7-8-23-15(13)17(19)20/h3-8,10H,9H2,1-2H3,(H,16,18). The molecule has 1 unspecified atom stereocenters. The van der Waals surface area contributed by atoms with Crippen LogP contribution in [-0.4, -0.2) is 24.5 Å². The number of rotatable bonds is 7. The number of carbonyl (C=O) groups is 1. The molecule has 0 aliphatic carbocycles. The molecule has 0 saturated heterocycles. The second kappa shape index (κ2) is 7.59. The summed E-state index contributed by atoms with van der Waals surface area (Å²) in [5.41, 5.74) is 0.838. The molecule has 0 spiro atoms. The minimum absolute atomic E-state index is 0.0973. The molecule has 1 aromatic carbocycles. The van der Waals surface area contributed by atoms with Crippen molar-refractivity contribution in [3.63, 3.8) is 0 Å². The summed E-state index contributed by atoms with van der Waals surface area (Å²) in [6.07, 6.45) is 0. The Balaban J connectivity index is 1.94. The van der Waals surface area contributed by atoms with Gasteiger partial charge in [0.15, 0.2) is 6.61 Å². The van der Waals surface area contributed by atoms with Crippen molar-refractivity contribution in [3.8, 4) is 11.5 Å². The predicted molar refractivity (Wildman–Crippen MR) is 86.0 cm³/mol. The zero-order valence-corrected chi connectivity index (χ0v) is 13.5. The number of hydrogen-bond acceptors (Lipinski definition) is 6. The zero-order chi connectivity index (χ0) is 16.8. The fourth-order valence-electron chi connectivity index (χ4n) is 2.06. The van der Waals surface area contributed by atoms with E-state index >= 15 is 0 Å². The van der Waals surface area contributed by atoms with Crippen LogP contribution in [0.3, 0.4) is 0 Å². The summed E-state index contributed by atoms with van der Waals surface area (Å²) in [7, 11) is 1.56. The van der Waals surface area contributed by atoms with Crippen molar-refractivity contribution in [1.29, 1.82) is 0 Å². The number of hydrogen-bond donors (Lipinski definition) is 1. The molecule has 7 nitrogen and oxygen atoms in total. The van der Waals surface area contributed by atoms with E-state index in [1.54, 1.807) is 12.5 Å². The fourth-order valence-corrected chi connectivity index (χ4v) is 2.71. The molecule has 8 heteroatoms. The molecule has 1 heterocycles. The van der Waals surface area contributed by atoms with E-state index in [0.29, 0.717) is 5.75 Å². The van der Waals surface area contributed by atoms with Gasteiger partial charge in [0.25, 0.3) is 5.91 Å². The molecule has 23 heavy (non-hydrogen) atoms. The predicted octanol–water partition coefficient (Wildman–Crippen LogP) is 2.92. The highest BCUT2D eigenvalue weighted by Crippen LogP contribution is 2.32. The average molecular weight is 336 g/mol. The maximum atomic E-state index is 12.0. The normalized spacial score (nSPS) is 11.6. The Morgan fingerprint density at radius 1 is 1.35 bits per heavy atom. The van der Waals surface area contributed by atoms with E-state index in [-0.39, 0.29) is 29.3 Å². The lowest BCUT2D eigenvalue weighted by molar-refractivity contribution is -0.381. The van der Waals surface area contributed by atoms with Gasteiger partial charge >= 0.3 is 5.00 Å². The Bertz CT molecular complexity index is 701. The van der Waals surface area contributed by atoms with E-state index in [0.717, 1.165) is 16.9 Å². The molecule has 0 aliphatic rings. The zero-order valence-electron chi connectivity index (χ0n) is 12.6. The van der Waals surface area contributed by atoms with Crippen LogP contribution in [0.1, 0.15) is 18.5 Å². The summed E-state index contributed by atoms with van der Waals surface area (Å²) in [4.78, 5) is 22.2. The monoisotopic (exact) mass is 336 g/mol. The second-order valence-electron chi connectivity index (χ2n) is 4.67. The van der Waals surface area contributed by atoms with Gasteiger partial charge in [0.1, 0.15) is 5.75 Å². The highest BCUT2D eigenvalue weighted by molar-refractivity contribution is 7.13. The average Bonchev–Trinajstić information content (AvgIpc) is 3.01. The summed E-state index contributed by atoms with van der Waals surface area (Å²) in [6, 6.07) is 8.55. The highest BCUT2D eigenvalue weighted by Gasteiger charge is 2.19. The van der Waals surface area contributed by atoms with Crippen LogP contribution in [0.15, 0.2) is 35.7 Å². The maximum absolute atomic E-state index is 12.0. The molecule has 0 bridgehead atoms. The Morgan fingerprint density at radius 3 is 2.78 bits per heavy atom. The number of para-hydroxylation sites is 1. The summed E-state index contributed by atoms with van der Waals surface area (Å²) < 4.78 is 10.5. The summed E-state index contributed by atoms with van der Waals surface area (Å²) in [6.45, 7) is 1.53. The first kappa shape index (κ1) is 16.8. The number of benzene rings is 1. The molecule has 1 N–H and O–H groups in total. The molecule has 1 aromatic heterocycles. The number of ether oxygens (including phenoxy) is 2. The maximum Gasteiger partial charge on any atom is 0.365 e. The molecule has 0 saturated carbocycles. The van der Waals surface area contributed by atoms with Crippen molar-refractivity contribution in [2.45, 2.75) is 13.0 Å². The molecule has 2 aromatic rings. The van der Waals surface area contributed by atoms with Gasteiger partial charge in [-0.05, 0) is 19.1 Å². The Morgan fingerprint density at radius 2 is 2.09 bits per heavy atom. The van der Waals surface area contributed by atoms with E-state index in [1.165, 1.54) is 6.07 Å². The summed E-state index contributed by atoms with van der Waals surface area (Å²) in [5, 5.41) is 15.0. The van der Waals surface area contributed by atoms with Crippen molar-refractivity contribution < 1.29 is 19.2 Å². The molecule has 1 atom stereocenters. The first-order valence-electron chi connectivity index (χ1n) is 6.80. The molecule has 0 radical (unpaired) electrons. The van der Waals surface area contributed by atoms with Gasteiger partial charge in [0.2, 0.25) is 5.75 Å². The first-order chi connectivity index (χ1) is 11.0. The molecular formula is C15H16N2O5S. The second-order valence-corrected chi connectivity index (χ2v) is 5.56. The van der Waals surface area contributed by atoms with Gasteiger partial charge < -0.3 is 14.8 Å². The number of nitrogens with zero attached hydrogens (tertiary/aromatic N) is 1. The van der Waals surface area contributed by atoms with Gasteiger partial charge in [0.05, 0.1) is 18.1 Å². The van der Waals surface area contributed by atoms with Gasteiger partial charge in [-0.1, -0.05) is 29.5 Å². The number of carbonyl (C=O) groups excluding carboxylic acids is 1. The van der Waals surface area contributed by atoms with Gasteiger partial charge in [-0.3, -0.25) is 14.9 Å². The first-order valence-corrected chi connectivity index (χ1v) is 7.68. The van der Waals surface area contributed by atoms with Gasteiger partial charge in [-0.25, -0.2) is 0 Å². The van der Waals surface area contributed by atoms with E-state index in [4.69, 9.17) is 9.47 Å². The number of nitrogens with one attached hydrogen (secondary N) is 1. The number of amides is 1. The van der Waals surface area contributed by atoms with Crippen LogP contribution >= 0.6 is 11.3 Å². The number of nitro groups is 1. The molecule has 0 aliphatic heterocycles. The smallest absolute Gasteiger partial charge is 0.365 e. The third kappa shape index (κ3) is 4.19. The lowest BCUT2D eigenvalue weighted by Crippen LogP contribution is -2.31. The largest absolute Gasteiger partial charge is 0.496 e. The Labute approximate surface area is 137 Å². The lowest BCUT2D eigenvalue weighted by Gasteiger charge is -2.17. The van der Waals surface area contributed by atoms with E-state index < -0.39 is 4.92 Å². The summed E-state index contributed by atoms with van der Waals surface area (Å²) >= 11 is 0.953. The van der Waals surface area contributed by atoms with Crippen LogP contribution in [0.25, 0.3) is 0 Å². The quantitative estimate of drug-likeness (QED) is 0.620. The van der Waals surface area contributed by atoms with Crippen molar-refractivity contribution in [3.05, 3.63) is 51.4 Å². The van der Waals surface area contributed by atoms with Crippen molar-refractivity contribution in [1.82, 2.24) is 5.32 Å². The van der Waals surface area contributed by atoms with Crippen LogP contribution in [-0.2, 0) is 4.79 Å². The molecule has 2 rings (SSSR count). The van der Waals surface area contributed by atoms with E-state index in [1.807, 2.05) is 31.2 Å². The minimum Gasteiger partial charge on any atom is -0.496 e. The van der Waals surface area contributed by atoms with Crippen LogP contribution in [0.5, 0.6) is 11.5 Å². The van der Waals surface area contributed by atoms with Crippen molar-refractivity contribution >= 4 is 22.2 Å². The lowest BCUT2D eigenvalue weighted by atomic mass is 10.1. The van der Waals surface area contributed by atoms with Gasteiger partial charge in [0, 0.05) is 10.9 Å². The van der Waals surface area contributed by atoms with Crippen LogP contribution < -0.4 is 14.8 Å². The fraction of sp³-hybridized carbons (Fsp3) is 0.267. The Hall–Kier alpha value is -2.61. The van der Waals surface area contributed by atoms with Gasteiger partial charge in [-0.15, -0.1) is 0 Å².